The van der Waals surface area contributed by atoms with Gasteiger partial charge in [0.25, 0.3) is 5.91 Å². The Kier molecular flexibility index (Phi) is 5.86. The molecule has 2 N–H and O–H groups in total. The van der Waals surface area contributed by atoms with Crippen molar-refractivity contribution in [2.75, 3.05) is 6.61 Å². The molecule has 1 heterocycles. The summed E-state index contributed by atoms with van der Waals surface area (Å²) in [4.78, 5) is 27.7. The van der Waals surface area contributed by atoms with Crippen molar-refractivity contribution in [3.63, 3.8) is 0 Å². The molecule has 1 aliphatic rings. The number of hydrogen-bond donors (Lipinski definition) is 2. The standard InChI is InChI=1S/C16H19F3N2O4/c17-16(18,19)10-25-12-9-11(5-8-20-12)13(22)21-15(14(23)24)6-3-1-2-4-7-15/h5,8-9H,1-4,6-7,10H2,(H,21,22)(H,23,24). The molecule has 1 amide bonds. The van der Waals surface area contributed by atoms with Crippen molar-refractivity contribution in [1.29, 1.82) is 0 Å². The fourth-order valence-corrected chi connectivity index (χ4v) is 2.80. The van der Waals surface area contributed by atoms with Gasteiger partial charge < -0.3 is 15.2 Å². The molecular weight excluding hydrogens is 341 g/mol. The average Bonchev–Trinajstić information content (AvgIpc) is 2.79. The predicted octanol–water partition coefficient (Wildman–Crippen LogP) is 2.93. The number of alkyl halides is 3. The average molecular weight is 360 g/mol. The van der Waals surface area contributed by atoms with Crippen LogP contribution in [-0.4, -0.2) is 40.3 Å². The molecule has 1 aliphatic carbocycles. The van der Waals surface area contributed by atoms with E-state index in [1.807, 2.05) is 0 Å². The van der Waals surface area contributed by atoms with E-state index in [1.54, 1.807) is 0 Å². The number of rotatable bonds is 5. The Morgan fingerprint density at radius 2 is 1.88 bits per heavy atom. The van der Waals surface area contributed by atoms with E-state index in [-0.39, 0.29) is 11.4 Å². The minimum absolute atomic E-state index is 0.00273. The van der Waals surface area contributed by atoms with Crippen LogP contribution in [0.3, 0.4) is 0 Å². The normalized spacial score (nSPS) is 17.4. The highest BCUT2D eigenvalue weighted by Gasteiger charge is 2.40. The highest BCUT2D eigenvalue weighted by Crippen LogP contribution is 2.28. The van der Waals surface area contributed by atoms with Gasteiger partial charge in [-0.25, -0.2) is 9.78 Å². The molecule has 0 atom stereocenters. The maximum atomic E-state index is 12.4. The summed E-state index contributed by atoms with van der Waals surface area (Å²) < 4.78 is 41.1. The molecule has 0 spiro atoms. The van der Waals surface area contributed by atoms with Gasteiger partial charge in [-0.15, -0.1) is 0 Å². The lowest BCUT2D eigenvalue weighted by atomic mass is 9.90. The Hall–Kier alpha value is -2.32. The number of nitrogens with one attached hydrogen (secondary N) is 1. The third kappa shape index (κ3) is 5.33. The quantitative estimate of drug-likeness (QED) is 0.788. The van der Waals surface area contributed by atoms with Crippen LogP contribution in [0.25, 0.3) is 0 Å². The fraction of sp³-hybridized carbons (Fsp3) is 0.562. The SMILES string of the molecule is O=C(NC1(C(=O)O)CCCCCC1)c1ccnc(OCC(F)(F)F)c1. The van der Waals surface area contributed by atoms with Gasteiger partial charge in [-0.3, -0.25) is 4.79 Å². The second-order valence-electron chi connectivity index (χ2n) is 6.04. The number of carboxylic acids is 1. The zero-order chi connectivity index (χ0) is 18.5. The van der Waals surface area contributed by atoms with Crippen molar-refractivity contribution >= 4 is 11.9 Å². The Balaban J connectivity index is 2.12. The van der Waals surface area contributed by atoms with Gasteiger partial charge in [0.05, 0.1) is 0 Å². The van der Waals surface area contributed by atoms with Crippen LogP contribution in [0.5, 0.6) is 5.88 Å². The van der Waals surface area contributed by atoms with Crippen molar-refractivity contribution in [2.24, 2.45) is 0 Å². The summed E-state index contributed by atoms with van der Waals surface area (Å²) in [6.45, 7) is -1.52. The second-order valence-corrected chi connectivity index (χ2v) is 6.04. The van der Waals surface area contributed by atoms with Crippen LogP contribution in [0.2, 0.25) is 0 Å². The first-order valence-corrected chi connectivity index (χ1v) is 7.93. The minimum atomic E-state index is -4.52. The van der Waals surface area contributed by atoms with E-state index in [9.17, 15) is 27.9 Å². The van der Waals surface area contributed by atoms with Crippen LogP contribution in [-0.2, 0) is 4.79 Å². The number of nitrogens with zero attached hydrogens (tertiary/aromatic N) is 1. The molecule has 0 unspecified atom stereocenters. The maximum Gasteiger partial charge on any atom is 0.422 e. The Labute approximate surface area is 142 Å². The van der Waals surface area contributed by atoms with Crippen molar-refractivity contribution in [2.45, 2.75) is 50.2 Å². The molecule has 25 heavy (non-hydrogen) atoms. The summed E-state index contributed by atoms with van der Waals surface area (Å²) in [7, 11) is 0. The van der Waals surface area contributed by atoms with Gasteiger partial charge >= 0.3 is 12.1 Å². The first kappa shape index (κ1) is 19.0. The van der Waals surface area contributed by atoms with E-state index in [0.717, 1.165) is 25.1 Å². The zero-order valence-electron chi connectivity index (χ0n) is 13.4. The fourth-order valence-electron chi connectivity index (χ4n) is 2.80. The first-order chi connectivity index (χ1) is 11.7. The van der Waals surface area contributed by atoms with E-state index in [4.69, 9.17) is 0 Å². The Bertz CT molecular complexity index is 626. The number of aromatic nitrogens is 1. The van der Waals surface area contributed by atoms with Crippen molar-refractivity contribution in [3.05, 3.63) is 23.9 Å². The van der Waals surface area contributed by atoms with Gasteiger partial charge in [-0.05, 0) is 18.9 Å². The Morgan fingerprint density at radius 1 is 1.24 bits per heavy atom. The summed E-state index contributed by atoms with van der Waals surface area (Å²) in [5.41, 5.74) is -1.36. The molecule has 1 saturated carbocycles. The van der Waals surface area contributed by atoms with Gasteiger partial charge in [0, 0.05) is 17.8 Å². The highest BCUT2D eigenvalue weighted by atomic mass is 19.4. The van der Waals surface area contributed by atoms with Gasteiger partial charge in [-0.1, -0.05) is 25.7 Å². The van der Waals surface area contributed by atoms with Gasteiger partial charge in [-0.2, -0.15) is 13.2 Å². The van der Waals surface area contributed by atoms with E-state index >= 15 is 0 Å². The van der Waals surface area contributed by atoms with E-state index in [0.29, 0.717) is 25.7 Å². The molecule has 0 saturated heterocycles. The largest absolute Gasteiger partial charge is 0.480 e. The van der Waals surface area contributed by atoms with Crippen molar-refractivity contribution < 1.29 is 32.6 Å². The summed E-state index contributed by atoms with van der Waals surface area (Å²) >= 11 is 0. The predicted molar refractivity (Wildman–Crippen MR) is 81.3 cm³/mol. The number of carboxylic acid groups (broad SMARTS) is 1. The summed E-state index contributed by atoms with van der Waals surface area (Å²) in [5, 5.41) is 12.1. The number of carbonyl (C=O) groups excluding carboxylic acids is 1. The lowest BCUT2D eigenvalue weighted by Crippen LogP contribution is -2.54. The molecule has 2 rings (SSSR count). The summed E-state index contributed by atoms with van der Waals surface area (Å²) in [6.07, 6.45) is 0.416. The van der Waals surface area contributed by atoms with E-state index in [2.05, 4.69) is 15.0 Å². The Morgan fingerprint density at radius 3 is 2.44 bits per heavy atom. The monoisotopic (exact) mass is 360 g/mol. The van der Waals surface area contributed by atoms with Crippen molar-refractivity contribution in [1.82, 2.24) is 10.3 Å². The summed E-state index contributed by atoms with van der Waals surface area (Å²) in [6, 6.07) is 2.36. The molecule has 1 fully saturated rings. The molecule has 1 aromatic heterocycles. The molecule has 0 radical (unpaired) electrons. The number of carbonyl (C=O) groups is 2. The third-order valence-corrected chi connectivity index (χ3v) is 4.10. The zero-order valence-corrected chi connectivity index (χ0v) is 13.4. The molecule has 9 heteroatoms. The molecule has 0 bridgehead atoms. The van der Waals surface area contributed by atoms with E-state index < -0.39 is 30.2 Å². The smallest absolute Gasteiger partial charge is 0.422 e. The van der Waals surface area contributed by atoms with Gasteiger partial charge in [0.1, 0.15) is 5.54 Å². The number of ether oxygens (including phenoxy) is 1. The number of hydrogen-bond acceptors (Lipinski definition) is 4. The van der Waals surface area contributed by atoms with Crippen LogP contribution >= 0.6 is 0 Å². The number of amides is 1. The third-order valence-electron chi connectivity index (χ3n) is 4.10. The lowest BCUT2D eigenvalue weighted by Gasteiger charge is -2.29. The molecular formula is C16H19F3N2O4. The van der Waals surface area contributed by atoms with Crippen molar-refractivity contribution in [3.8, 4) is 5.88 Å². The number of halogens is 3. The van der Waals surface area contributed by atoms with Crippen LogP contribution < -0.4 is 10.1 Å². The van der Waals surface area contributed by atoms with Crippen LogP contribution in [0, 0.1) is 0 Å². The van der Waals surface area contributed by atoms with Gasteiger partial charge in [0.15, 0.2) is 6.61 Å². The molecule has 138 valence electrons. The molecule has 1 aromatic rings. The van der Waals surface area contributed by atoms with Crippen LogP contribution in [0.4, 0.5) is 13.2 Å². The number of pyridine rings is 1. The minimum Gasteiger partial charge on any atom is -0.480 e. The molecule has 0 aliphatic heterocycles. The van der Waals surface area contributed by atoms with Crippen LogP contribution in [0.15, 0.2) is 18.3 Å². The van der Waals surface area contributed by atoms with Crippen LogP contribution in [0.1, 0.15) is 48.9 Å². The maximum absolute atomic E-state index is 12.4. The highest BCUT2D eigenvalue weighted by molar-refractivity contribution is 5.98. The second kappa shape index (κ2) is 7.71. The lowest BCUT2D eigenvalue weighted by molar-refractivity contribution is -0.154. The first-order valence-electron chi connectivity index (χ1n) is 7.93. The number of aliphatic carboxylic acids is 1. The molecule has 0 aromatic carbocycles. The van der Waals surface area contributed by atoms with E-state index in [1.165, 1.54) is 6.07 Å². The summed E-state index contributed by atoms with van der Waals surface area (Å²) in [5.74, 6) is -2.14. The molecule has 6 nitrogen and oxygen atoms in total. The topological polar surface area (TPSA) is 88.5 Å². The van der Waals surface area contributed by atoms with Gasteiger partial charge in [0.2, 0.25) is 5.88 Å².